The summed E-state index contributed by atoms with van der Waals surface area (Å²) in [5.74, 6) is 1.37. The summed E-state index contributed by atoms with van der Waals surface area (Å²) in [6.07, 6.45) is -0.920. The van der Waals surface area contributed by atoms with Crippen LogP contribution in [-0.2, 0) is 0 Å². The number of methoxy groups -OCH3 is 2. The summed E-state index contributed by atoms with van der Waals surface area (Å²) in [4.78, 5) is 19.1. The second-order valence-electron chi connectivity index (χ2n) is 5.92. The summed E-state index contributed by atoms with van der Waals surface area (Å²) in [6, 6.07) is 15.0. The minimum Gasteiger partial charge on any atom is -0.497 e. The van der Waals surface area contributed by atoms with E-state index in [0.29, 0.717) is 17.2 Å². The number of nitrogens with one attached hydrogen (secondary N) is 1. The third-order valence-corrected chi connectivity index (χ3v) is 4.30. The maximum Gasteiger partial charge on any atom is 0.411 e. The SMILES string of the molecule is COc1cc(OC)cc(-c2nc(OC(N)=O)cc3c2[nH]c2ccccc23)c1. The van der Waals surface area contributed by atoms with Crippen molar-refractivity contribution in [3.05, 3.63) is 48.5 Å². The average Bonchev–Trinajstić information content (AvgIpc) is 3.05. The largest absolute Gasteiger partial charge is 0.497 e. The highest BCUT2D eigenvalue weighted by Crippen LogP contribution is 2.37. The Balaban J connectivity index is 2.05. The molecule has 0 aliphatic carbocycles. The molecule has 0 saturated heterocycles. The molecule has 136 valence electrons. The van der Waals surface area contributed by atoms with E-state index in [2.05, 4.69) is 9.97 Å². The molecule has 0 fully saturated rings. The molecule has 7 nitrogen and oxygen atoms in total. The number of nitrogens with two attached hydrogens (primary N) is 1. The van der Waals surface area contributed by atoms with Gasteiger partial charge < -0.3 is 24.9 Å². The number of pyridine rings is 1. The second-order valence-corrected chi connectivity index (χ2v) is 5.92. The number of aromatic amines is 1. The van der Waals surface area contributed by atoms with Gasteiger partial charge in [-0.3, -0.25) is 0 Å². The number of primary amides is 1. The highest BCUT2D eigenvalue weighted by Gasteiger charge is 2.16. The van der Waals surface area contributed by atoms with Crippen molar-refractivity contribution >= 4 is 27.9 Å². The van der Waals surface area contributed by atoms with E-state index in [0.717, 1.165) is 27.4 Å². The lowest BCUT2D eigenvalue weighted by molar-refractivity contribution is 0.209. The van der Waals surface area contributed by atoms with E-state index in [1.807, 2.05) is 36.4 Å². The molecule has 0 unspecified atom stereocenters. The molecule has 0 spiro atoms. The van der Waals surface area contributed by atoms with Gasteiger partial charge in [-0.25, -0.2) is 9.78 Å². The number of carbonyl (C=O) groups is 1. The van der Waals surface area contributed by atoms with Gasteiger partial charge in [0.05, 0.1) is 25.4 Å². The molecule has 1 amide bonds. The molecule has 0 atom stereocenters. The predicted octanol–water partition coefficient (Wildman–Crippen LogP) is 3.86. The molecular formula is C20H17N3O4. The minimum atomic E-state index is -0.920. The van der Waals surface area contributed by atoms with E-state index in [1.165, 1.54) is 0 Å². The van der Waals surface area contributed by atoms with Crippen LogP contribution in [0.5, 0.6) is 17.4 Å². The predicted molar refractivity (Wildman–Crippen MR) is 102 cm³/mol. The summed E-state index contributed by atoms with van der Waals surface area (Å²) in [5, 5.41) is 1.86. The standard InChI is InChI=1S/C20H17N3O4/c1-25-12-7-11(8-13(9-12)26-2)18-19-15(10-17(23-18)27-20(21)24)14-5-3-4-6-16(14)22-19/h3-10,22H,1-2H3,(H2,21,24). The van der Waals surface area contributed by atoms with Crippen LogP contribution in [0.15, 0.2) is 48.5 Å². The zero-order valence-electron chi connectivity index (χ0n) is 14.8. The molecule has 4 rings (SSSR count). The molecule has 4 aromatic rings. The van der Waals surface area contributed by atoms with Crippen LogP contribution in [0, 0.1) is 0 Å². The Kier molecular flexibility index (Phi) is 4.04. The van der Waals surface area contributed by atoms with Crippen LogP contribution in [0.4, 0.5) is 4.79 Å². The van der Waals surface area contributed by atoms with Gasteiger partial charge in [0.1, 0.15) is 11.5 Å². The van der Waals surface area contributed by atoms with Crippen molar-refractivity contribution in [1.82, 2.24) is 9.97 Å². The van der Waals surface area contributed by atoms with Crippen molar-refractivity contribution in [2.24, 2.45) is 5.73 Å². The molecule has 3 N–H and O–H groups in total. The van der Waals surface area contributed by atoms with Crippen LogP contribution in [0.2, 0.25) is 0 Å². The number of aromatic nitrogens is 2. The number of carbonyl (C=O) groups excluding carboxylic acids is 1. The number of hydrogen-bond donors (Lipinski definition) is 2. The smallest absolute Gasteiger partial charge is 0.411 e. The molecular weight excluding hydrogens is 346 g/mol. The minimum absolute atomic E-state index is 0.122. The molecule has 27 heavy (non-hydrogen) atoms. The van der Waals surface area contributed by atoms with Crippen LogP contribution < -0.4 is 19.9 Å². The fourth-order valence-corrected chi connectivity index (χ4v) is 3.13. The highest BCUT2D eigenvalue weighted by molar-refractivity contribution is 6.11. The fraction of sp³-hybridized carbons (Fsp3) is 0.100. The number of para-hydroxylation sites is 1. The molecule has 7 heteroatoms. The Hall–Kier alpha value is -3.74. The quantitative estimate of drug-likeness (QED) is 0.573. The van der Waals surface area contributed by atoms with Gasteiger partial charge in [-0.1, -0.05) is 18.2 Å². The lowest BCUT2D eigenvalue weighted by atomic mass is 10.1. The van der Waals surface area contributed by atoms with E-state index in [9.17, 15) is 4.79 Å². The van der Waals surface area contributed by atoms with Gasteiger partial charge in [-0.2, -0.15) is 0 Å². The number of nitrogens with zero attached hydrogens (tertiary/aromatic N) is 1. The number of fused-ring (bicyclic) bond motifs is 3. The van der Waals surface area contributed by atoms with E-state index < -0.39 is 6.09 Å². The number of benzene rings is 2. The van der Waals surface area contributed by atoms with Crippen molar-refractivity contribution in [3.63, 3.8) is 0 Å². The van der Waals surface area contributed by atoms with Gasteiger partial charge in [0, 0.05) is 34.0 Å². The first-order valence-electron chi connectivity index (χ1n) is 8.21. The van der Waals surface area contributed by atoms with Crippen LogP contribution >= 0.6 is 0 Å². The molecule has 0 aliphatic heterocycles. The van der Waals surface area contributed by atoms with Crippen LogP contribution in [0.25, 0.3) is 33.1 Å². The monoisotopic (exact) mass is 363 g/mol. The van der Waals surface area contributed by atoms with Crippen LogP contribution in [0.1, 0.15) is 0 Å². The third-order valence-electron chi connectivity index (χ3n) is 4.30. The molecule has 0 saturated carbocycles. The van der Waals surface area contributed by atoms with Gasteiger partial charge in [-0.15, -0.1) is 0 Å². The Morgan fingerprint density at radius 2 is 1.70 bits per heavy atom. The number of rotatable bonds is 4. The van der Waals surface area contributed by atoms with Gasteiger partial charge in [-0.05, 0) is 18.2 Å². The van der Waals surface area contributed by atoms with Gasteiger partial charge in [0.25, 0.3) is 0 Å². The summed E-state index contributed by atoms with van der Waals surface area (Å²) >= 11 is 0. The number of amides is 1. The van der Waals surface area contributed by atoms with Gasteiger partial charge in [0.15, 0.2) is 0 Å². The summed E-state index contributed by atoms with van der Waals surface area (Å²) in [5.41, 5.74) is 8.28. The first-order chi connectivity index (χ1) is 13.1. The molecule has 2 aromatic heterocycles. The number of ether oxygens (including phenoxy) is 3. The Bertz CT molecular complexity index is 1140. The van der Waals surface area contributed by atoms with Crippen molar-refractivity contribution < 1.29 is 19.0 Å². The van der Waals surface area contributed by atoms with Gasteiger partial charge >= 0.3 is 6.09 Å². The molecule has 0 aliphatic rings. The average molecular weight is 363 g/mol. The van der Waals surface area contributed by atoms with Crippen molar-refractivity contribution in [2.45, 2.75) is 0 Å². The maximum absolute atomic E-state index is 11.3. The summed E-state index contributed by atoms with van der Waals surface area (Å²) in [7, 11) is 3.16. The van der Waals surface area contributed by atoms with Crippen molar-refractivity contribution in [2.75, 3.05) is 14.2 Å². The van der Waals surface area contributed by atoms with Crippen LogP contribution in [0.3, 0.4) is 0 Å². The summed E-state index contributed by atoms with van der Waals surface area (Å²) in [6.45, 7) is 0. The Morgan fingerprint density at radius 3 is 2.37 bits per heavy atom. The second kappa shape index (κ2) is 6.53. The Morgan fingerprint density at radius 1 is 1.00 bits per heavy atom. The highest BCUT2D eigenvalue weighted by atomic mass is 16.6. The molecule has 0 radical (unpaired) electrons. The zero-order valence-corrected chi connectivity index (χ0v) is 14.8. The fourth-order valence-electron chi connectivity index (χ4n) is 3.13. The van der Waals surface area contributed by atoms with Crippen molar-refractivity contribution in [1.29, 1.82) is 0 Å². The normalized spacial score (nSPS) is 10.9. The van der Waals surface area contributed by atoms with E-state index in [4.69, 9.17) is 19.9 Å². The van der Waals surface area contributed by atoms with E-state index in [1.54, 1.807) is 26.4 Å². The van der Waals surface area contributed by atoms with E-state index in [-0.39, 0.29) is 5.88 Å². The zero-order chi connectivity index (χ0) is 19.0. The molecule has 2 heterocycles. The number of hydrogen-bond acceptors (Lipinski definition) is 5. The lowest BCUT2D eigenvalue weighted by Crippen LogP contribution is -2.17. The first kappa shape index (κ1) is 16.7. The summed E-state index contributed by atoms with van der Waals surface area (Å²) < 4.78 is 15.8. The van der Waals surface area contributed by atoms with Gasteiger partial charge in [0.2, 0.25) is 5.88 Å². The van der Waals surface area contributed by atoms with E-state index >= 15 is 0 Å². The lowest BCUT2D eigenvalue weighted by Gasteiger charge is -2.10. The maximum atomic E-state index is 11.3. The van der Waals surface area contributed by atoms with Crippen LogP contribution in [-0.4, -0.2) is 30.3 Å². The molecule has 2 aromatic carbocycles. The third kappa shape index (κ3) is 2.99. The molecule has 0 bridgehead atoms. The topological polar surface area (TPSA) is 99.5 Å². The first-order valence-corrected chi connectivity index (χ1v) is 8.21. The number of H-pyrrole nitrogens is 1. The Labute approximate surface area is 154 Å². The van der Waals surface area contributed by atoms with Crippen molar-refractivity contribution in [3.8, 4) is 28.6 Å².